The normalized spacial score (nSPS) is 12.5. The van der Waals surface area contributed by atoms with Crippen LogP contribution < -0.4 is 10.6 Å². The molecule has 0 radical (unpaired) electrons. The van der Waals surface area contributed by atoms with Crippen LogP contribution in [0.3, 0.4) is 0 Å². The van der Waals surface area contributed by atoms with Gasteiger partial charge in [0, 0.05) is 28.6 Å². The van der Waals surface area contributed by atoms with Crippen molar-refractivity contribution in [3.8, 4) is 0 Å². The minimum absolute atomic E-state index is 0.136. The van der Waals surface area contributed by atoms with Gasteiger partial charge < -0.3 is 10.6 Å². The summed E-state index contributed by atoms with van der Waals surface area (Å²) in [5.74, 6) is 0. The number of hydrogen-bond acceptors (Lipinski definition) is 3. The van der Waals surface area contributed by atoms with Gasteiger partial charge in [-0.1, -0.05) is 29.3 Å². The van der Waals surface area contributed by atoms with Gasteiger partial charge in [0.25, 0.3) is 0 Å². The highest BCUT2D eigenvalue weighted by molar-refractivity contribution is 9.10. The van der Waals surface area contributed by atoms with E-state index in [1.807, 2.05) is 0 Å². The van der Waals surface area contributed by atoms with E-state index < -0.39 is 0 Å². The fourth-order valence-electron chi connectivity index (χ4n) is 1.95. The summed E-state index contributed by atoms with van der Waals surface area (Å²) in [5.41, 5.74) is 8.35. The van der Waals surface area contributed by atoms with Crippen molar-refractivity contribution in [2.75, 3.05) is 18.5 Å². The van der Waals surface area contributed by atoms with Crippen molar-refractivity contribution in [1.82, 2.24) is 0 Å². The van der Waals surface area contributed by atoms with E-state index >= 15 is 0 Å². The van der Waals surface area contributed by atoms with Gasteiger partial charge in [-0.3, -0.25) is 0 Å². The Labute approximate surface area is 131 Å². The standard InChI is InChI=1S/C14H16BrClN2S/c1-9-3-5-10(6-4-9)18(2)12(8-17)13-7-11(15)14(16)19-13/h3-7,12H,8,17H2,1-2H3. The second-order valence-corrected chi connectivity index (χ2v) is 7.01. The van der Waals surface area contributed by atoms with Crippen LogP contribution in [0.25, 0.3) is 0 Å². The molecule has 0 aliphatic carbocycles. The van der Waals surface area contributed by atoms with Gasteiger partial charge in [-0.05, 0) is 41.1 Å². The molecule has 1 heterocycles. The number of nitrogens with zero attached hydrogens (tertiary/aromatic N) is 1. The lowest BCUT2D eigenvalue weighted by Gasteiger charge is -2.28. The smallest absolute Gasteiger partial charge is 0.107 e. The largest absolute Gasteiger partial charge is 0.365 e. The fourth-order valence-corrected chi connectivity index (χ4v) is 3.85. The number of hydrogen-bond donors (Lipinski definition) is 1. The Bertz CT molecular complexity index is 534. The highest BCUT2D eigenvalue weighted by Gasteiger charge is 2.19. The van der Waals surface area contributed by atoms with Gasteiger partial charge in [0.2, 0.25) is 0 Å². The summed E-state index contributed by atoms with van der Waals surface area (Å²) >= 11 is 11.1. The molecule has 2 aromatic rings. The lowest BCUT2D eigenvalue weighted by molar-refractivity contribution is 0.692. The molecule has 5 heteroatoms. The Morgan fingerprint density at radius 1 is 1.37 bits per heavy atom. The summed E-state index contributed by atoms with van der Waals surface area (Å²) in [4.78, 5) is 3.36. The average Bonchev–Trinajstić information content (AvgIpc) is 2.71. The zero-order valence-electron chi connectivity index (χ0n) is 10.9. The van der Waals surface area contributed by atoms with Gasteiger partial charge in [-0.15, -0.1) is 11.3 Å². The van der Waals surface area contributed by atoms with E-state index in [2.05, 4.69) is 65.1 Å². The quantitative estimate of drug-likeness (QED) is 0.864. The van der Waals surface area contributed by atoms with Gasteiger partial charge in [-0.2, -0.15) is 0 Å². The number of rotatable bonds is 4. The molecule has 0 saturated carbocycles. The molecule has 102 valence electrons. The number of nitrogens with two attached hydrogens (primary N) is 1. The lowest BCUT2D eigenvalue weighted by Crippen LogP contribution is -2.29. The summed E-state index contributed by atoms with van der Waals surface area (Å²) in [6.07, 6.45) is 0. The molecule has 0 aliphatic heterocycles. The number of likely N-dealkylation sites (N-methyl/N-ethyl adjacent to an activating group) is 1. The van der Waals surface area contributed by atoms with E-state index in [1.54, 1.807) is 11.3 Å². The van der Waals surface area contributed by atoms with Crippen LogP contribution in [-0.4, -0.2) is 13.6 Å². The molecule has 0 bridgehead atoms. The molecule has 2 nitrogen and oxygen atoms in total. The van der Waals surface area contributed by atoms with Gasteiger partial charge >= 0.3 is 0 Å². The molecule has 1 aromatic carbocycles. The second-order valence-electron chi connectivity index (χ2n) is 4.47. The van der Waals surface area contributed by atoms with Gasteiger partial charge in [0.1, 0.15) is 4.34 Å². The first-order valence-corrected chi connectivity index (χ1v) is 7.96. The van der Waals surface area contributed by atoms with Crippen LogP contribution in [0, 0.1) is 6.92 Å². The number of aryl methyl sites for hydroxylation is 1. The van der Waals surface area contributed by atoms with Gasteiger partial charge in [-0.25, -0.2) is 0 Å². The number of benzene rings is 1. The molecule has 19 heavy (non-hydrogen) atoms. The number of thiophene rings is 1. The number of anilines is 1. The molecule has 2 rings (SSSR count). The van der Waals surface area contributed by atoms with Crippen LogP contribution in [0.1, 0.15) is 16.5 Å². The van der Waals surface area contributed by atoms with Crippen LogP contribution >= 0.6 is 38.9 Å². The average molecular weight is 360 g/mol. The Morgan fingerprint density at radius 3 is 2.47 bits per heavy atom. The van der Waals surface area contributed by atoms with Crippen molar-refractivity contribution >= 4 is 44.6 Å². The van der Waals surface area contributed by atoms with Crippen molar-refractivity contribution in [1.29, 1.82) is 0 Å². The van der Waals surface area contributed by atoms with E-state index in [-0.39, 0.29) is 6.04 Å². The summed E-state index contributed by atoms with van der Waals surface area (Å²) in [5, 5.41) is 0. The zero-order valence-corrected chi connectivity index (χ0v) is 14.0. The molecular formula is C14H16BrClN2S. The van der Waals surface area contributed by atoms with Crippen LogP contribution in [0.15, 0.2) is 34.8 Å². The molecule has 0 fully saturated rings. The first-order chi connectivity index (χ1) is 9.02. The molecule has 0 amide bonds. The minimum atomic E-state index is 0.136. The molecular weight excluding hydrogens is 344 g/mol. The topological polar surface area (TPSA) is 29.3 Å². The Kier molecular flexibility index (Phi) is 4.90. The van der Waals surface area contributed by atoms with Crippen molar-refractivity contribution in [3.05, 3.63) is 49.6 Å². The predicted molar refractivity (Wildman–Crippen MR) is 88.4 cm³/mol. The molecule has 1 aromatic heterocycles. The van der Waals surface area contributed by atoms with Gasteiger partial charge in [0.05, 0.1) is 6.04 Å². The first-order valence-electron chi connectivity index (χ1n) is 5.97. The number of halogens is 2. The summed E-state index contributed by atoms with van der Waals surface area (Å²) in [6, 6.07) is 10.6. The maximum absolute atomic E-state index is 6.11. The molecule has 0 saturated heterocycles. The third-order valence-electron chi connectivity index (χ3n) is 3.12. The minimum Gasteiger partial charge on any atom is -0.365 e. The highest BCUT2D eigenvalue weighted by atomic mass is 79.9. The predicted octanol–water partition coefficient (Wildman–Crippen LogP) is 4.61. The summed E-state index contributed by atoms with van der Waals surface area (Å²) in [6.45, 7) is 2.63. The Hall–Kier alpha value is -0.550. The van der Waals surface area contributed by atoms with E-state index in [4.69, 9.17) is 17.3 Å². The summed E-state index contributed by atoms with van der Waals surface area (Å²) in [7, 11) is 2.06. The van der Waals surface area contributed by atoms with Crippen molar-refractivity contribution < 1.29 is 0 Å². The van der Waals surface area contributed by atoms with E-state index in [0.29, 0.717) is 6.54 Å². The van der Waals surface area contributed by atoms with Crippen molar-refractivity contribution in [3.63, 3.8) is 0 Å². The van der Waals surface area contributed by atoms with Crippen LogP contribution in [0.2, 0.25) is 4.34 Å². The van der Waals surface area contributed by atoms with Gasteiger partial charge in [0.15, 0.2) is 0 Å². The van der Waals surface area contributed by atoms with Crippen LogP contribution in [0.4, 0.5) is 5.69 Å². The van der Waals surface area contributed by atoms with Crippen LogP contribution in [0.5, 0.6) is 0 Å². The molecule has 1 atom stereocenters. The van der Waals surface area contributed by atoms with Crippen molar-refractivity contribution in [2.45, 2.75) is 13.0 Å². The van der Waals surface area contributed by atoms with Crippen LogP contribution in [-0.2, 0) is 0 Å². The third kappa shape index (κ3) is 3.31. The zero-order chi connectivity index (χ0) is 14.0. The molecule has 0 spiro atoms. The monoisotopic (exact) mass is 358 g/mol. The third-order valence-corrected chi connectivity index (χ3v) is 5.70. The van der Waals surface area contributed by atoms with E-state index in [9.17, 15) is 0 Å². The van der Waals surface area contributed by atoms with Crippen molar-refractivity contribution in [2.24, 2.45) is 5.73 Å². The fraction of sp³-hybridized carbons (Fsp3) is 0.286. The second kappa shape index (κ2) is 6.27. The summed E-state index contributed by atoms with van der Waals surface area (Å²) < 4.78 is 1.70. The molecule has 0 aliphatic rings. The highest BCUT2D eigenvalue weighted by Crippen LogP contribution is 2.37. The Morgan fingerprint density at radius 2 is 2.00 bits per heavy atom. The van der Waals surface area contributed by atoms with E-state index in [0.717, 1.165) is 14.5 Å². The first kappa shape index (κ1) is 14.9. The maximum Gasteiger partial charge on any atom is 0.107 e. The van der Waals surface area contributed by atoms with E-state index in [1.165, 1.54) is 10.4 Å². The lowest BCUT2D eigenvalue weighted by atomic mass is 10.1. The Balaban J connectivity index is 2.28. The molecule has 1 unspecified atom stereocenters. The SMILES string of the molecule is Cc1ccc(N(C)C(CN)c2cc(Br)c(Cl)s2)cc1. The molecule has 2 N–H and O–H groups in total. The maximum atomic E-state index is 6.11.